The molecule has 2 aliphatic rings. The number of amides is 1. The van der Waals surface area contributed by atoms with E-state index in [0.717, 1.165) is 24.0 Å². The average molecular weight is 567 g/mol. The summed E-state index contributed by atoms with van der Waals surface area (Å²) in [6, 6.07) is 14.3. The molecule has 1 aliphatic carbocycles. The standard InChI is InChI=1S/C28H33Cl2NO5S/c1-28(2,34)16-37-15-22(17-7-8-17)31-25(18-9-11-20(29)12-10-18)26(19-5-4-6-21(30)13-19)36-23(27(31)33)14-24(32)35-3/h4-6,9-13,17,22-23,25-26,34H,7-8,14-16H2,1-3H3/t22-,23-,25-,26-/m1/s1. The fourth-order valence-electron chi connectivity index (χ4n) is 4.79. The molecule has 1 saturated carbocycles. The second-order valence-electron chi connectivity index (χ2n) is 10.4. The number of rotatable bonds is 10. The molecule has 6 nitrogen and oxygen atoms in total. The minimum absolute atomic E-state index is 0.0914. The Labute approximate surface area is 232 Å². The van der Waals surface area contributed by atoms with Gasteiger partial charge >= 0.3 is 5.97 Å². The molecule has 0 spiro atoms. The first-order chi connectivity index (χ1) is 17.6. The highest BCUT2D eigenvalue weighted by Crippen LogP contribution is 2.48. The third kappa shape index (κ3) is 7.21. The van der Waals surface area contributed by atoms with Crippen LogP contribution in [0.5, 0.6) is 0 Å². The van der Waals surface area contributed by atoms with Gasteiger partial charge in [-0.25, -0.2) is 0 Å². The van der Waals surface area contributed by atoms with Crippen molar-refractivity contribution in [3.05, 3.63) is 69.7 Å². The van der Waals surface area contributed by atoms with Gasteiger partial charge in [-0.2, -0.15) is 11.8 Å². The van der Waals surface area contributed by atoms with Gasteiger partial charge in [-0.3, -0.25) is 9.59 Å². The van der Waals surface area contributed by atoms with Crippen LogP contribution in [-0.2, 0) is 19.1 Å². The summed E-state index contributed by atoms with van der Waals surface area (Å²) in [5.41, 5.74) is 0.885. The quantitative estimate of drug-likeness (QED) is 0.364. The first-order valence-electron chi connectivity index (χ1n) is 12.4. The number of thioether (sulfide) groups is 1. The van der Waals surface area contributed by atoms with Crippen molar-refractivity contribution in [1.29, 1.82) is 0 Å². The molecule has 1 aliphatic heterocycles. The second kappa shape index (κ2) is 12.0. The van der Waals surface area contributed by atoms with Crippen molar-refractivity contribution < 1.29 is 24.2 Å². The normalized spacial score (nSPS) is 23.1. The monoisotopic (exact) mass is 565 g/mol. The lowest BCUT2D eigenvalue weighted by Gasteiger charge is -2.48. The van der Waals surface area contributed by atoms with Crippen LogP contribution in [0.15, 0.2) is 48.5 Å². The average Bonchev–Trinajstić information content (AvgIpc) is 3.68. The Hall–Kier alpha value is -1.77. The number of halogens is 2. The van der Waals surface area contributed by atoms with E-state index >= 15 is 0 Å². The third-order valence-corrected chi connectivity index (χ3v) is 8.64. The van der Waals surface area contributed by atoms with Crippen molar-refractivity contribution in [2.24, 2.45) is 5.92 Å². The van der Waals surface area contributed by atoms with Gasteiger partial charge in [0.25, 0.3) is 5.91 Å². The number of methoxy groups -OCH3 is 1. The molecule has 200 valence electrons. The van der Waals surface area contributed by atoms with Crippen molar-refractivity contribution in [1.82, 2.24) is 4.90 Å². The highest BCUT2D eigenvalue weighted by Gasteiger charge is 2.50. The number of nitrogens with zero attached hydrogens (tertiary/aromatic N) is 1. The first-order valence-corrected chi connectivity index (χ1v) is 14.3. The summed E-state index contributed by atoms with van der Waals surface area (Å²) in [6.07, 6.45) is 0.322. The third-order valence-electron chi connectivity index (χ3n) is 6.66. The van der Waals surface area contributed by atoms with Crippen LogP contribution in [0.3, 0.4) is 0 Å². The Morgan fingerprint density at radius 3 is 2.46 bits per heavy atom. The van der Waals surface area contributed by atoms with E-state index < -0.39 is 29.8 Å². The molecule has 9 heteroatoms. The fraction of sp³-hybridized carbons (Fsp3) is 0.500. The Morgan fingerprint density at radius 1 is 1.16 bits per heavy atom. The molecule has 2 aromatic rings. The van der Waals surface area contributed by atoms with Gasteiger partial charge in [-0.15, -0.1) is 0 Å². The van der Waals surface area contributed by atoms with Crippen molar-refractivity contribution in [3.63, 3.8) is 0 Å². The van der Waals surface area contributed by atoms with Crippen LogP contribution in [0, 0.1) is 5.92 Å². The molecule has 0 radical (unpaired) electrons. The van der Waals surface area contributed by atoms with Crippen LogP contribution in [0.1, 0.15) is 56.4 Å². The van der Waals surface area contributed by atoms with Gasteiger partial charge in [0.2, 0.25) is 0 Å². The van der Waals surface area contributed by atoms with E-state index in [9.17, 15) is 14.7 Å². The summed E-state index contributed by atoms with van der Waals surface area (Å²) in [6.45, 7) is 3.56. The zero-order chi connectivity index (χ0) is 26.7. The SMILES string of the molecule is COC(=O)C[C@H]1O[C@H](c2cccc(Cl)c2)[C@@H](c2ccc(Cl)cc2)N([C@H](CSCC(C)(C)O)C2CC2)C1=O. The topological polar surface area (TPSA) is 76.1 Å². The molecule has 1 saturated heterocycles. The number of benzene rings is 2. The molecule has 1 N–H and O–H groups in total. The molecule has 0 unspecified atom stereocenters. The Kier molecular flexibility index (Phi) is 9.13. The van der Waals surface area contributed by atoms with E-state index in [0.29, 0.717) is 27.5 Å². The summed E-state index contributed by atoms with van der Waals surface area (Å²) in [4.78, 5) is 28.3. The maximum absolute atomic E-state index is 14.1. The summed E-state index contributed by atoms with van der Waals surface area (Å²) in [7, 11) is 1.30. The lowest BCUT2D eigenvalue weighted by atomic mass is 9.89. The number of hydrogen-bond acceptors (Lipinski definition) is 6. The van der Waals surface area contributed by atoms with E-state index in [4.69, 9.17) is 32.7 Å². The van der Waals surface area contributed by atoms with E-state index in [1.54, 1.807) is 31.7 Å². The number of carbonyl (C=O) groups is 2. The van der Waals surface area contributed by atoms with Gasteiger partial charge in [-0.05, 0) is 68.0 Å². The molecule has 1 amide bonds. The number of esters is 1. The zero-order valence-corrected chi connectivity index (χ0v) is 23.6. The number of hydrogen-bond donors (Lipinski definition) is 1. The molecule has 1 heterocycles. The van der Waals surface area contributed by atoms with Crippen molar-refractivity contribution in [3.8, 4) is 0 Å². The second-order valence-corrected chi connectivity index (χ2v) is 12.3. The number of carbonyl (C=O) groups excluding carboxylic acids is 2. The smallest absolute Gasteiger partial charge is 0.308 e. The molecular weight excluding hydrogens is 533 g/mol. The van der Waals surface area contributed by atoms with Crippen LogP contribution < -0.4 is 0 Å². The van der Waals surface area contributed by atoms with Crippen LogP contribution in [-0.4, -0.2) is 58.2 Å². The molecule has 2 aromatic carbocycles. The van der Waals surface area contributed by atoms with Gasteiger partial charge in [0.05, 0.1) is 25.2 Å². The highest BCUT2D eigenvalue weighted by molar-refractivity contribution is 7.99. The van der Waals surface area contributed by atoms with Crippen LogP contribution in [0.4, 0.5) is 0 Å². The van der Waals surface area contributed by atoms with Crippen LogP contribution in [0.25, 0.3) is 0 Å². The minimum atomic E-state index is -0.986. The molecular formula is C28H33Cl2NO5S. The molecule has 0 aromatic heterocycles. The lowest BCUT2D eigenvalue weighted by molar-refractivity contribution is -0.183. The van der Waals surface area contributed by atoms with Gasteiger partial charge in [0.1, 0.15) is 12.2 Å². The lowest BCUT2D eigenvalue weighted by Crippen LogP contribution is -2.56. The number of aliphatic hydroxyl groups is 1. The van der Waals surface area contributed by atoms with Crippen molar-refractivity contribution >= 4 is 46.8 Å². The van der Waals surface area contributed by atoms with Crippen LogP contribution in [0.2, 0.25) is 10.0 Å². The maximum Gasteiger partial charge on any atom is 0.308 e. The molecule has 2 fully saturated rings. The maximum atomic E-state index is 14.1. The van der Waals surface area contributed by atoms with E-state index in [1.807, 2.05) is 47.4 Å². The summed E-state index contributed by atoms with van der Waals surface area (Å²) < 4.78 is 11.3. The Morgan fingerprint density at radius 2 is 1.86 bits per heavy atom. The minimum Gasteiger partial charge on any atom is -0.469 e. The van der Waals surface area contributed by atoms with E-state index in [2.05, 4.69) is 0 Å². The largest absolute Gasteiger partial charge is 0.469 e. The molecule has 4 rings (SSSR count). The molecule has 37 heavy (non-hydrogen) atoms. The van der Waals surface area contributed by atoms with Gasteiger partial charge < -0.3 is 19.5 Å². The zero-order valence-electron chi connectivity index (χ0n) is 21.2. The predicted molar refractivity (Wildman–Crippen MR) is 147 cm³/mol. The van der Waals surface area contributed by atoms with Gasteiger partial charge in [0, 0.05) is 27.6 Å². The summed E-state index contributed by atoms with van der Waals surface area (Å²) >= 11 is 14.2. The Balaban J connectivity index is 1.79. The van der Waals surface area contributed by atoms with E-state index in [1.165, 1.54) is 7.11 Å². The summed E-state index contributed by atoms with van der Waals surface area (Å²) in [5.74, 6) is 0.809. The summed E-state index contributed by atoms with van der Waals surface area (Å²) in [5, 5.41) is 11.4. The Bertz CT molecular complexity index is 1100. The molecule has 0 bridgehead atoms. The van der Waals surface area contributed by atoms with E-state index in [-0.39, 0.29) is 18.4 Å². The van der Waals surface area contributed by atoms with Crippen molar-refractivity contribution in [2.45, 2.75) is 63.0 Å². The fourth-order valence-corrected chi connectivity index (χ4v) is 6.41. The first kappa shape index (κ1) is 28.2. The molecule has 4 atom stereocenters. The predicted octanol–water partition coefficient (Wildman–Crippen LogP) is 5.85. The van der Waals surface area contributed by atoms with Crippen LogP contribution >= 0.6 is 35.0 Å². The van der Waals surface area contributed by atoms with Gasteiger partial charge in [0.15, 0.2) is 0 Å². The van der Waals surface area contributed by atoms with Gasteiger partial charge in [-0.1, -0.05) is 47.5 Å². The van der Waals surface area contributed by atoms with Crippen molar-refractivity contribution in [2.75, 3.05) is 18.6 Å². The highest BCUT2D eigenvalue weighted by atomic mass is 35.5. The number of morpholine rings is 1. The number of ether oxygens (including phenoxy) is 2.